The van der Waals surface area contributed by atoms with Crippen molar-refractivity contribution < 1.29 is 14.4 Å². The normalized spacial score (nSPS) is 13.1. The Morgan fingerprint density at radius 1 is 0.767 bits per heavy atom. The Labute approximate surface area is 255 Å². The van der Waals surface area contributed by atoms with Gasteiger partial charge in [-0.25, -0.2) is 0 Å². The number of nitrogens with zero attached hydrogens (tertiary/aromatic N) is 5. The largest absolute Gasteiger partial charge is 0.338 e. The molecule has 1 saturated heterocycles. The monoisotopic (exact) mass is 597 g/mol. The van der Waals surface area contributed by atoms with Crippen LogP contribution in [0, 0.1) is 0 Å². The summed E-state index contributed by atoms with van der Waals surface area (Å²) in [5, 5.41) is 23.7. The van der Waals surface area contributed by atoms with Crippen molar-refractivity contribution in [1.29, 1.82) is 0 Å². The first kappa shape index (κ1) is 30.0. The molecule has 3 heterocycles. The smallest absolute Gasteiger partial charge is 0.230 e. The number of benzene rings is 2. The summed E-state index contributed by atoms with van der Waals surface area (Å²) < 4.78 is 0. The van der Waals surface area contributed by atoms with E-state index in [0.717, 1.165) is 72.5 Å². The molecule has 3 amide bonds. The minimum Gasteiger partial charge on any atom is -0.338 e. The van der Waals surface area contributed by atoms with Gasteiger partial charge in [0.15, 0.2) is 5.82 Å². The summed E-state index contributed by atoms with van der Waals surface area (Å²) in [4.78, 5) is 38.9. The van der Waals surface area contributed by atoms with Gasteiger partial charge in [-0.2, -0.15) is 5.10 Å². The van der Waals surface area contributed by atoms with Gasteiger partial charge < -0.3 is 15.5 Å². The summed E-state index contributed by atoms with van der Waals surface area (Å²) >= 11 is 1.39. The lowest BCUT2D eigenvalue weighted by Gasteiger charge is -2.26. The van der Waals surface area contributed by atoms with Gasteiger partial charge >= 0.3 is 0 Å². The lowest BCUT2D eigenvalue weighted by Crippen LogP contribution is -2.34. The quantitative estimate of drug-likeness (QED) is 0.212. The highest BCUT2D eigenvalue weighted by Gasteiger charge is 2.18. The van der Waals surface area contributed by atoms with Gasteiger partial charge in [0.2, 0.25) is 22.9 Å². The van der Waals surface area contributed by atoms with Crippen LogP contribution in [0.2, 0.25) is 0 Å². The van der Waals surface area contributed by atoms with E-state index in [9.17, 15) is 14.4 Å². The standard InChI is InChI=1S/C32H35N7O3S/c40-28(20-23-9-2-1-3-10-23)33-27-17-16-26(35-36-27)13-4-5-14-30-37-38-32(43-30)34-29(41)21-24-11-8-12-25(19-24)22-39-18-7-6-15-31(39)42/h1-3,8-12,16-17,19H,4-7,13-15,18,20-22H2,(H,33,36,40)(H,34,38,41). The molecule has 43 heavy (non-hydrogen) atoms. The van der Waals surface area contributed by atoms with Crippen LogP contribution in [-0.2, 0) is 46.6 Å². The average molecular weight is 598 g/mol. The minimum atomic E-state index is -0.146. The molecule has 222 valence electrons. The molecule has 10 nitrogen and oxygen atoms in total. The van der Waals surface area contributed by atoms with E-state index in [4.69, 9.17) is 0 Å². The number of piperidine rings is 1. The molecule has 1 aliphatic rings. The highest BCUT2D eigenvalue weighted by atomic mass is 32.1. The maximum absolute atomic E-state index is 12.7. The van der Waals surface area contributed by atoms with E-state index in [2.05, 4.69) is 31.0 Å². The number of amides is 3. The second-order valence-corrected chi connectivity index (χ2v) is 11.7. The van der Waals surface area contributed by atoms with Gasteiger partial charge in [-0.15, -0.1) is 15.3 Å². The fourth-order valence-corrected chi connectivity index (χ4v) is 5.75. The van der Waals surface area contributed by atoms with E-state index in [0.29, 0.717) is 23.9 Å². The highest BCUT2D eigenvalue weighted by Crippen LogP contribution is 2.19. The van der Waals surface area contributed by atoms with Crippen LogP contribution in [0.4, 0.5) is 10.9 Å². The third-order valence-corrected chi connectivity index (χ3v) is 8.03. The SMILES string of the molecule is O=C(Cc1ccccc1)Nc1ccc(CCCCc2nnc(NC(=O)Cc3cccc(CN4CCCCC4=O)c3)s2)nn1. The summed E-state index contributed by atoms with van der Waals surface area (Å²) in [6.45, 7) is 1.38. The van der Waals surface area contributed by atoms with Crippen molar-refractivity contribution in [2.75, 3.05) is 17.2 Å². The van der Waals surface area contributed by atoms with Crippen LogP contribution in [0.5, 0.6) is 0 Å². The number of nitrogens with one attached hydrogen (secondary N) is 2. The lowest BCUT2D eigenvalue weighted by atomic mass is 10.1. The summed E-state index contributed by atoms with van der Waals surface area (Å²) in [6.07, 6.45) is 6.45. The Morgan fingerprint density at radius 3 is 2.35 bits per heavy atom. The molecule has 4 aromatic rings. The molecule has 0 aliphatic carbocycles. The van der Waals surface area contributed by atoms with E-state index >= 15 is 0 Å². The molecule has 0 saturated carbocycles. The molecule has 2 aromatic heterocycles. The van der Waals surface area contributed by atoms with E-state index in [1.165, 1.54) is 11.3 Å². The first-order chi connectivity index (χ1) is 21.0. The predicted octanol–water partition coefficient (Wildman–Crippen LogP) is 4.77. The molecule has 1 fully saturated rings. The third-order valence-electron chi connectivity index (χ3n) is 7.13. The maximum Gasteiger partial charge on any atom is 0.230 e. The first-order valence-corrected chi connectivity index (χ1v) is 15.5. The van der Waals surface area contributed by atoms with E-state index in [1.807, 2.05) is 65.6 Å². The van der Waals surface area contributed by atoms with Crippen molar-refractivity contribution in [3.63, 3.8) is 0 Å². The third kappa shape index (κ3) is 9.50. The molecule has 2 N–H and O–H groups in total. The number of aromatic nitrogens is 4. The number of likely N-dealkylation sites (tertiary alicyclic amines) is 1. The van der Waals surface area contributed by atoms with Crippen LogP contribution < -0.4 is 10.6 Å². The molecule has 1 aliphatic heterocycles. The maximum atomic E-state index is 12.7. The van der Waals surface area contributed by atoms with Crippen molar-refractivity contribution in [1.82, 2.24) is 25.3 Å². The number of carbonyl (C=O) groups excluding carboxylic acids is 3. The predicted molar refractivity (Wildman–Crippen MR) is 165 cm³/mol. The number of rotatable bonds is 13. The van der Waals surface area contributed by atoms with Crippen LogP contribution in [-0.4, -0.2) is 49.6 Å². The summed E-state index contributed by atoms with van der Waals surface area (Å²) in [5.74, 6) is 0.366. The molecular weight excluding hydrogens is 562 g/mol. The molecule has 5 rings (SSSR count). The van der Waals surface area contributed by atoms with Crippen molar-refractivity contribution >= 4 is 40.0 Å². The molecular formula is C32H35N7O3S. The molecule has 0 unspecified atom stereocenters. The van der Waals surface area contributed by atoms with E-state index in [-0.39, 0.29) is 30.6 Å². The van der Waals surface area contributed by atoms with Crippen LogP contribution in [0.15, 0.2) is 66.7 Å². The Kier molecular flexibility index (Phi) is 10.5. The second-order valence-electron chi connectivity index (χ2n) is 10.6. The van der Waals surface area contributed by atoms with Crippen LogP contribution in [0.3, 0.4) is 0 Å². The lowest BCUT2D eigenvalue weighted by molar-refractivity contribution is -0.133. The van der Waals surface area contributed by atoms with Crippen LogP contribution in [0.25, 0.3) is 0 Å². The summed E-state index contributed by atoms with van der Waals surface area (Å²) in [6, 6.07) is 21.1. The van der Waals surface area contributed by atoms with Gasteiger partial charge in [0, 0.05) is 25.9 Å². The zero-order chi connectivity index (χ0) is 29.9. The number of unbranched alkanes of at least 4 members (excludes halogenated alkanes) is 1. The first-order valence-electron chi connectivity index (χ1n) is 14.6. The Bertz CT molecular complexity index is 1530. The fraction of sp³-hybridized carbons (Fsp3) is 0.344. The Hall–Kier alpha value is -4.51. The number of aryl methyl sites for hydroxylation is 2. The zero-order valence-corrected chi connectivity index (χ0v) is 24.8. The van der Waals surface area contributed by atoms with E-state index < -0.39 is 0 Å². The van der Waals surface area contributed by atoms with Gasteiger partial charge in [0.05, 0.1) is 18.5 Å². The molecule has 0 radical (unpaired) electrons. The highest BCUT2D eigenvalue weighted by molar-refractivity contribution is 7.15. The van der Waals surface area contributed by atoms with Crippen LogP contribution in [0.1, 0.15) is 59.5 Å². The van der Waals surface area contributed by atoms with Gasteiger partial charge in [-0.05, 0) is 60.9 Å². The van der Waals surface area contributed by atoms with Crippen molar-refractivity contribution in [3.8, 4) is 0 Å². The van der Waals surface area contributed by atoms with Crippen molar-refractivity contribution in [2.24, 2.45) is 0 Å². The van der Waals surface area contributed by atoms with E-state index in [1.54, 1.807) is 6.07 Å². The molecule has 0 bridgehead atoms. The van der Waals surface area contributed by atoms with Gasteiger partial charge in [-0.3, -0.25) is 14.4 Å². The van der Waals surface area contributed by atoms with Gasteiger partial charge in [0.25, 0.3) is 0 Å². The number of hydrogen-bond donors (Lipinski definition) is 2. The Morgan fingerprint density at radius 2 is 1.53 bits per heavy atom. The average Bonchev–Trinajstić information content (AvgIpc) is 3.45. The number of anilines is 2. The van der Waals surface area contributed by atoms with Crippen molar-refractivity contribution in [2.45, 2.75) is 64.3 Å². The van der Waals surface area contributed by atoms with Crippen molar-refractivity contribution in [3.05, 3.63) is 94.1 Å². The number of hydrogen-bond acceptors (Lipinski definition) is 8. The second kappa shape index (κ2) is 15.1. The molecule has 0 atom stereocenters. The zero-order valence-electron chi connectivity index (χ0n) is 24.0. The summed E-state index contributed by atoms with van der Waals surface area (Å²) in [5.41, 5.74) is 3.73. The topological polar surface area (TPSA) is 130 Å². The van der Waals surface area contributed by atoms with Gasteiger partial charge in [0.1, 0.15) is 5.01 Å². The molecule has 11 heteroatoms. The molecule has 2 aromatic carbocycles. The number of carbonyl (C=O) groups is 3. The van der Waals surface area contributed by atoms with Crippen LogP contribution >= 0.6 is 11.3 Å². The van der Waals surface area contributed by atoms with Gasteiger partial charge in [-0.1, -0.05) is 65.9 Å². The fourth-order valence-electron chi connectivity index (χ4n) is 4.95. The minimum absolute atomic E-state index is 0.128. The Balaban J connectivity index is 1.00. The summed E-state index contributed by atoms with van der Waals surface area (Å²) in [7, 11) is 0. The molecule has 0 spiro atoms.